The number of rotatable bonds is 3. The van der Waals surface area contributed by atoms with Gasteiger partial charge in [0.25, 0.3) is 0 Å². The highest BCUT2D eigenvalue weighted by Crippen LogP contribution is 2.36. The molecule has 0 spiro atoms. The summed E-state index contributed by atoms with van der Waals surface area (Å²) >= 11 is 0. The Hall–Kier alpha value is -2.00. The highest BCUT2D eigenvalue weighted by molar-refractivity contribution is 5.81. The molecule has 3 heterocycles. The summed E-state index contributed by atoms with van der Waals surface area (Å²) in [7, 11) is 1.37. The molecule has 8 heteroatoms. The zero-order valence-corrected chi connectivity index (χ0v) is 15.6. The first-order chi connectivity index (χ1) is 12.8. The van der Waals surface area contributed by atoms with E-state index in [1.54, 1.807) is 10.6 Å². The van der Waals surface area contributed by atoms with Crippen LogP contribution in [0.25, 0.3) is 11.0 Å². The first kappa shape index (κ1) is 18.4. The van der Waals surface area contributed by atoms with Gasteiger partial charge in [0.05, 0.1) is 17.6 Å². The quantitative estimate of drug-likeness (QED) is 0.728. The molecule has 8 nitrogen and oxygen atoms in total. The van der Waals surface area contributed by atoms with Gasteiger partial charge in [-0.1, -0.05) is 26.0 Å². The van der Waals surface area contributed by atoms with E-state index in [0.29, 0.717) is 12.1 Å². The first-order valence-electron chi connectivity index (χ1n) is 9.07. The Kier molecular flexibility index (Phi) is 4.27. The molecule has 146 valence electrons. The molecule has 1 aromatic heterocycles. The van der Waals surface area contributed by atoms with Gasteiger partial charge in [-0.15, -0.1) is 0 Å². The van der Waals surface area contributed by atoms with Crippen LogP contribution in [0.15, 0.2) is 27.8 Å². The Morgan fingerprint density at radius 2 is 1.96 bits per heavy atom. The van der Waals surface area contributed by atoms with E-state index in [0.717, 1.165) is 17.5 Å². The number of hydrogen-bond donors (Lipinski definition) is 2. The van der Waals surface area contributed by atoms with Gasteiger partial charge in [0, 0.05) is 13.7 Å². The first-order valence-corrected chi connectivity index (χ1v) is 9.07. The Labute approximate surface area is 155 Å². The summed E-state index contributed by atoms with van der Waals surface area (Å²) in [6, 6.07) is 5.65. The van der Waals surface area contributed by atoms with Crippen molar-refractivity contribution >= 4 is 11.0 Å². The number of aromatic nitrogens is 2. The van der Waals surface area contributed by atoms with E-state index in [9.17, 15) is 19.8 Å². The number of benzene rings is 1. The van der Waals surface area contributed by atoms with Crippen LogP contribution in [0.2, 0.25) is 0 Å². The number of ether oxygens (including phenoxy) is 2. The summed E-state index contributed by atoms with van der Waals surface area (Å²) in [5.41, 5.74) is 1.02. The topological polar surface area (TPSA) is 103 Å². The van der Waals surface area contributed by atoms with E-state index in [4.69, 9.17) is 9.47 Å². The van der Waals surface area contributed by atoms with Crippen LogP contribution in [0.1, 0.15) is 25.8 Å². The fourth-order valence-corrected chi connectivity index (χ4v) is 4.18. The Balaban J connectivity index is 1.89. The zero-order chi connectivity index (χ0) is 19.5. The van der Waals surface area contributed by atoms with Gasteiger partial charge in [0.15, 0.2) is 6.29 Å². The molecule has 2 N–H and O–H groups in total. The van der Waals surface area contributed by atoms with E-state index in [2.05, 4.69) is 13.8 Å². The molecule has 2 aliphatic heterocycles. The molecule has 1 fully saturated rings. The standard InChI is InChI=1S/C19H24N2O6/c1-19(2)7-8-20-13-10(19)5-4-6-11(13)21(17(25)16(20)24)9-12-14(22)15(23)18(26-3)27-12/h4-6,12,14-15,18,22-23H,7-9H2,1-3H3/t12-,14-,15-,18-/m1/s1. The molecule has 0 aliphatic carbocycles. The smallest absolute Gasteiger partial charge is 0.317 e. The average Bonchev–Trinajstić information content (AvgIpc) is 2.92. The Bertz CT molecular complexity index is 1010. The van der Waals surface area contributed by atoms with Crippen LogP contribution >= 0.6 is 0 Å². The SMILES string of the molecule is CO[C@@H]1O[C@H](Cn2c(=O)c(=O)n3c4c(cccc42)C(C)(C)CC3)[C@@H](O)[C@H]1O. The number of hydrogen-bond acceptors (Lipinski definition) is 6. The molecule has 0 unspecified atom stereocenters. The number of aliphatic hydroxyl groups excluding tert-OH is 2. The summed E-state index contributed by atoms with van der Waals surface area (Å²) < 4.78 is 13.4. The third-order valence-corrected chi connectivity index (χ3v) is 5.85. The summed E-state index contributed by atoms with van der Waals surface area (Å²) in [5.74, 6) is 0. The maximum atomic E-state index is 12.8. The van der Waals surface area contributed by atoms with Crippen molar-refractivity contribution in [1.29, 1.82) is 0 Å². The fourth-order valence-electron chi connectivity index (χ4n) is 4.18. The lowest BCUT2D eigenvalue weighted by Crippen LogP contribution is -2.46. The van der Waals surface area contributed by atoms with Gasteiger partial charge >= 0.3 is 11.1 Å². The maximum absolute atomic E-state index is 12.8. The van der Waals surface area contributed by atoms with Crippen LogP contribution in [0.3, 0.4) is 0 Å². The van der Waals surface area contributed by atoms with Gasteiger partial charge in [0.1, 0.15) is 18.3 Å². The van der Waals surface area contributed by atoms with Gasteiger partial charge in [-0.2, -0.15) is 0 Å². The van der Waals surface area contributed by atoms with Crippen molar-refractivity contribution in [2.45, 2.75) is 63.4 Å². The van der Waals surface area contributed by atoms with Crippen molar-refractivity contribution in [3.63, 3.8) is 0 Å². The summed E-state index contributed by atoms with van der Waals surface area (Å²) in [6.07, 6.45) is -3.49. The van der Waals surface area contributed by atoms with Crippen LogP contribution in [0, 0.1) is 0 Å². The van der Waals surface area contributed by atoms with Crippen molar-refractivity contribution < 1.29 is 19.7 Å². The molecule has 0 radical (unpaired) electrons. The molecule has 0 saturated carbocycles. The minimum absolute atomic E-state index is 0.0482. The molecule has 2 aliphatic rings. The van der Waals surface area contributed by atoms with E-state index in [1.165, 1.54) is 11.7 Å². The molecule has 0 bridgehead atoms. The van der Waals surface area contributed by atoms with E-state index >= 15 is 0 Å². The highest BCUT2D eigenvalue weighted by atomic mass is 16.7. The molecule has 0 amide bonds. The van der Waals surface area contributed by atoms with Crippen molar-refractivity contribution in [1.82, 2.24) is 9.13 Å². The lowest BCUT2D eigenvalue weighted by atomic mass is 9.78. The second kappa shape index (κ2) is 6.27. The van der Waals surface area contributed by atoms with Crippen LogP contribution in [0.4, 0.5) is 0 Å². The predicted molar refractivity (Wildman–Crippen MR) is 97.8 cm³/mol. The Morgan fingerprint density at radius 1 is 1.22 bits per heavy atom. The van der Waals surface area contributed by atoms with Crippen LogP contribution < -0.4 is 11.1 Å². The third kappa shape index (κ3) is 2.67. The molecule has 1 saturated heterocycles. The monoisotopic (exact) mass is 376 g/mol. The largest absolute Gasteiger partial charge is 0.387 e. The number of para-hydroxylation sites is 1. The van der Waals surface area contributed by atoms with Crippen molar-refractivity contribution in [3.05, 3.63) is 44.5 Å². The fraction of sp³-hybridized carbons (Fsp3) is 0.579. The van der Waals surface area contributed by atoms with Crippen LogP contribution in [-0.4, -0.2) is 51.1 Å². The summed E-state index contributed by atoms with van der Waals surface area (Å²) in [6.45, 7) is 4.68. The predicted octanol–water partition coefficient (Wildman–Crippen LogP) is -0.0624. The third-order valence-electron chi connectivity index (χ3n) is 5.85. The van der Waals surface area contributed by atoms with Crippen molar-refractivity contribution in [3.8, 4) is 0 Å². The molecule has 1 aromatic carbocycles. The zero-order valence-electron chi connectivity index (χ0n) is 15.6. The number of aryl methyl sites for hydroxylation is 1. The molecular formula is C19H24N2O6. The van der Waals surface area contributed by atoms with Crippen molar-refractivity contribution in [2.75, 3.05) is 7.11 Å². The van der Waals surface area contributed by atoms with E-state index in [1.807, 2.05) is 12.1 Å². The van der Waals surface area contributed by atoms with E-state index in [-0.39, 0.29) is 12.0 Å². The minimum Gasteiger partial charge on any atom is -0.387 e. The normalized spacial score (nSPS) is 29.4. The van der Waals surface area contributed by atoms with E-state index < -0.39 is 35.7 Å². The van der Waals surface area contributed by atoms with Crippen molar-refractivity contribution in [2.24, 2.45) is 0 Å². The lowest BCUT2D eigenvalue weighted by molar-refractivity contribution is -0.150. The number of aliphatic hydroxyl groups is 2. The molecular weight excluding hydrogens is 352 g/mol. The van der Waals surface area contributed by atoms with Gasteiger partial charge < -0.3 is 24.3 Å². The summed E-state index contributed by atoms with van der Waals surface area (Å²) in [5, 5.41) is 20.2. The molecule has 4 rings (SSSR count). The number of nitrogens with zero attached hydrogens (tertiary/aromatic N) is 2. The van der Waals surface area contributed by atoms with Crippen LogP contribution in [0.5, 0.6) is 0 Å². The maximum Gasteiger partial charge on any atom is 0.317 e. The lowest BCUT2D eigenvalue weighted by Gasteiger charge is -2.33. The number of methoxy groups -OCH3 is 1. The van der Waals surface area contributed by atoms with Gasteiger partial charge in [-0.05, 0) is 23.5 Å². The molecule has 4 atom stereocenters. The van der Waals surface area contributed by atoms with Gasteiger partial charge in [-0.3, -0.25) is 14.2 Å². The minimum atomic E-state index is -1.22. The van der Waals surface area contributed by atoms with Crippen LogP contribution in [-0.2, 0) is 28.0 Å². The second-order valence-corrected chi connectivity index (χ2v) is 7.94. The van der Waals surface area contributed by atoms with Gasteiger partial charge in [-0.25, -0.2) is 0 Å². The summed E-state index contributed by atoms with van der Waals surface area (Å²) in [4.78, 5) is 25.5. The van der Waals surface area contributed by atoms with Gasteiger partial charge in [0.2, 0.25) is 0 Å². The average molecular weight is 376 g/mol. The molecule has 27 heavy (non-hydrogen) atoms. The highest BCUT2D eigenvalue weighted by Gasteiger charge is 2.43. The Morgan fingerprint density at radius 3 is 2.63 bits per heavy atom. The molecule has 2 aromatic rings. The second-order valence-electron chi connectivity index (χ2n) is 7.94.